The average Bonchev–Trinajstić information content (AvgIpc) is 3.36. The summed E-state index contributed by atoms with van der Waals surface area (Å²) in [5.41, 5.74) is 2.50. The van der Waals surface area contributed by atoms with Gasteiger partial charge in [0.1, 0.15) is 11.4 Å². The molecule has 1 saturated heterocycles. The quantitative estimate of drug-likeness (QED) is 0.798. The van der Waals surface area contributed by atoms with E-state index in [2.05, 4.69) is 5.32 Å². The summed E-state index contributed by atoms with van der Waals surface area (Å²) >= 11 is 0. The van der Waals surface area contributed by atoms with Crippen molar-refractivity contribution >= 4 is 12.0 Å². The van der Waals surface area contributed by atoms with Gasteiger partial charge in [-0.2, -0.15) is 0 Å². The number of piperidine rings is 1. The number of nitrogens with one attached hydrogen (secondary N) is 1. The van der Waals surface area contributed by atoms with E-state index < -0.39 is 0 Å². The van der Waals surface area contributed by atoms with Crippen LogP contribution in [0.15, 0.2) is 36.5 Å². The number of ether oxygens (including phenoxy) is 1. The van der Waals surface area contributed by atoms with Crippen LogP contribution >= 0.6 is 0 Å². The number of fused-ring (bicyclic) bond motifs is 1. The minimum Gasteiger partial charge on any atom is -0.508 e. The smallest absolute Gasteiger partial charge is 0.354 e. The van der Waals surface area contributed by atoms with Gasteiger partial charge in [-0.25, -0.2) is 9.59 Å². The third-order valence-corrected chi connectivity index (χ3v) is 5.86. The minimum atomic E-state index is -0.340. The van der Waals surface area contributed by atoms with Crippen molar-refractivity contribution in [2.75, 3.05) is 20.2 Å². The molecule has 7 nitrogen and oxygen atoms in total. The number of hydrogen-bond acceptors (Lipinski definition) is 4. The third kappa shape index (κ3) is 3.32. The first kappa shape index (κ1) is 18.4. The Hall–Kier alpha value is -2.96. The van der Waals surface area contributed by atoms with Crippen molar-refractivity contribution in [1.29, 1.82) is 0 Å². The number of carbonyl (C=O) groups is 2. The number of hydrogen-bond donors (Lipinski definition) is 2. The molecule has 0 radical (unpaired) electrons. The van der Waals surface area contributed by atoms with Gasteiger partial charge in [0.15, 0.2) is 0 Å². The summed E-state index contributed by atoms with van der Waals surface area (Å²) in [5.74, 6) is -0.0310. The zero-order chi connectivity index (χ0) is 19.7. The van der Waals surface area contributed by atoms with Crippen molar-refractivity contribution in [2.45, 2.75) is 37.8 Å². The van der Waals surface area contributed by atoms with Gasteiger partial charge in [0.2, 0.25) is 0 Å². The van der Waals surface area contributed by atoms with Crippen LogP contribution in [0.3, 0.4) is 0 Å². The van der Waals surface area contributed by atoms with Crippen LogP contribution in [0.4, 0.5) is 4.79 Å². The Bertz CT molecular complexity index is 884. The number of nitrogens with zero attached hydrogens (tertiary/aromatic N) is 2. The van der Waals surface area contributed by atoms with Crippen LogP contribution in [0.5, 0.6) is 5.75 Å². The number of carbonyl (C=O) groups excluding carboxylic acids is 2. The molecule has 0 saturated carbocycles. The second-order valence-corrected chi connectivity index (χ2v) is 7.40. The van der Waals surface area contributed by atoms with Gasteiger partial charge in [0.25, 0.3) is 0 Å². The Morgan fingerprint density at radius 1 is 1.14 bits per heavy atom. The molecule has 2 amide bonds. The van der Waals surface area contributed by atoms with E-state index in [1.165, 1.54) is 7.11 Å². The fourth-order valence-corrected chi connectivity index (χ4v) is 4.36. The zero-order valence-corrected chi connectivity index (χ0v) is 15.9. The van der Waals surface area contributed by atoms with Crippen LogP contribution in [-0.4, -0.2) is 46.8 Å². The summed E-state index contributed by atoms with van der Waals surface area (Å²) in [6.45, 7) is 1.27. The maximum atomic E-state index is 12.7. The highest BCUT2D eigenvalue weighted by molar-refractivity contribution is 5.87. The number of rotatable bonds is 3. The van der Waals surface area contributed by atoms with Gasteiger partial charge >= 0.3 is 12.0 Å². The highest BCUT2D eigenvalue weighted by atomic mass is 16.5. The lowest BCUT2D eigenvalue weighted by atomic mass is 10.0. The second kappa shape index (κ2) is 7.58. The van der Waals surface area contributed by atoms with Crippen LogP contribution in [0.2, 0.25) is 0 Å². The molecule has 0 unspecified atom stereocenters. The predicted molar refractivity (Wildman–Crippen MR) is 103 cm³/mol. The first-order chi connectivity index (χ1) is 13.6. The molecule has 1 atom stereocenters. The monoisotopic (exact) mass is 383 g/mol. The third-order valence-electron chi connectivity index (χ3n) is 5.86. The van der Waals surface area contributed by atoms with E-state index in [0.717, 1.165) is 36.8 Å². The number of aromatic hydroxyl groups is 1. The summed E-state index contributed by atoms with van der Waals surface area (Å²) in [5, 5.41) is 13.1. The molecule has 2 heterocycles. The van der Waals surface area contributed by atoms with E-state index in [-0.39, 0.29) is 24.1 Å². The molecule has 2 aromatic rings. The number of benzene rings is 1. The molecular weight excluding hydrogens is 358 g/mol. The first-order valence-corrected chi connectivity index (χ1v) is 9.70. The van der Waals surface area contributed by atoms with Crippen molar-refractivity contribution in [2.24, 2.45) is 0 Å². The lowest BCUT2D eigenvalue weighted by molar-refractivity contribution is 0.0582. The lowest BCUT2D eigenvalue weighted by Crippen LogP contribution is -2.45. The van der Waals surface area contributed by atoms with E-state index in [0.29, 0.717) is 24.5 Å². The summed E-state index contributed by atoms with van der Waals surface area (Å²) in [6.07, 6.45) is 5.05. The van der Waals surface area contributed by atoms with E-state index in [4.69, 9.17) is 4.74 Å². The summed E-state index contributed by atoms with van der Waals surface area (Å²) in [4.78, 5) is 26.5. The van der Waals surface area contributed by atoms with Gasteiger partial charge in [0.05, 0.1) is 13.2 Å². The second-order valence-electron chi connectivity index (χ2n) is 7.40. The van der Waals surface area contributed by atoms with Crippen molar-refractivity contribution in [1.82, 2.24) is 14.8 Å². The molecular formula is C21H25N3O4. The van der Waals surface area contributed by atoms with Crippen molar-refractivity contribution in [3.8, 4) is 5.75 Å². The van der Waals surface area contributed by atoms with Gasteiger partial charge in [-0.15, -0.1) is 0 Å². The predicted octanol–water partition coefficient (Wildman–Crippen LogP) is 3.01. The minimum absolute atomic E-state index is 0.0531. The summed E-state index contributed by atoms with van der Waals surface area (Å²) in [7, 11) is 1.38. The fourth-order valence-electron chi connectivity index (χ4n) is 4.36. The number of aromatic nitrogens is 1. The van der Waals surface area contributed by atoms with Gasteiger partial charge in [0, 0.05) is 25.3 Å². The molecule has 1 aromatic heterocycles. The number of likely N-dealkylation sites (tertiary alicyclic amines) is 1. The molecule has 148 valence electrons. The highest BCUT2D eigenvalue weighted by Crippen LogP contribution is 2.36. The SMILES string of the molecule is COC(=O)c1cccn1C1CCN(C(=O)N[C@H]2CCc3c(O)cccc32)CC1. The standard InChI is InChI=1S/C21H25N3O4/c1-28-20(26)18-5-3-11-24(18)14-9-12-23(13-10-14)21(27)22-17-8-7-16-15(17)4-2-6-19(16)25/h2-6,11,14,17,25H,7-10,12-13H2,1H3,(H,22,27)/t17-/m0/s1. The molecule has 1 aliphatic carbocycles. The maximum absolute atomic E-state index is 12.7. The molecule has 1 aromatic carbocycles. The Labute approximate surface area is 163 Å². The van der Waals surface area contributed by atoms with Gasteiger partial charge in [-0.1, -0.05) is 12.1 Å². The Morgan fingerprint density at radius 3 is 2.68 bits per heavy atom. The fraction of sp³-hybridized carbons (Fsp3) is 0.429. The Kier molecular flexibility index (Phi) is 4.98. The molecule has 28 heavy (non-hydrogen) atoms. The van der Waals surface area contributed by atoms with Crippen LogP contribution < -0.4 is 5.32 Å². The van der Waals surface area contributed by atoms with E-state index >= 15 is 0 Å². The Balaban J connectivity index is 1.36. The number of amides is 2. The number of urea groups is 1. The number of esters is 1. The molecule has 1 aliphatic heterocycles. The largest absolute Gasteiger partial charge is 0.508 e. The van der Waals surface area contributed by atoms with Crippen LogP contribution in [-0.2, 0) is 11.2 Å². The molecule has 2 aliphatic rings. The van der Waals surface area contributed by atoms with Gasteiger partial charge in [-0.05, 0) is 55.0 Å². The number of phenols is 1. The maximum Gasteiger partial charge on any atom is 0.354 e. The topological polar surface area (TPSA) is 83.8 Å². The number of methoxy groups -OCH3 is 1. The van der Waals surface area contributed by atoms with Crippen molar-refractivity contribution in [3.05, 3.63) is 53.3 Å². The molecule has 2 N–H and O–H groups in total. The van der Waals surface area contributed by atoms with Gasteiger partial charge < -0.3 is 24.6 Å². The van der Waals surface area contributed by atoms with Gasteiger partial charge in [-0.3, -0.25) is 0 Å². The van der Waals surface area contributed by atoms with Crippen molar-refractivity contribution in [3.63, 3.8) is 0 Å². The van der Waals surface area contributed by atoms with E-state index in [1.807, 2.05) is 33.9 Å². The zero-order valence-electron chi connectivity index (χ0n) is 15.9. The van der Waals surface area contributed by atoms with Crippen molar-refractivity contribution < 1.29 is 19.4 Å². The molecule has 0 spiro atoms. The van der Waals surface area contributed by atoms with Crippen LogP contribution in [0.1, 0.15) is 53.0 Å². The van der Waals surface area contributed by atoms with Crippen LogP contribution in [0, 0.1) is 0 Å². The molecule has 7 heteroatoms. The molecule has 0 bridgehead atoms. The normalized spacial score (nSPS) is 19.3. The first-order valence-electron chi connectivity index (χ1n) is 9.70. The Morgan fingerprint density at radius 2 is 1.93 bits per heavy atom. The van der Waals surface area contributed by atoms with Crippen LogP contribution in [0.25, 0.3) is 0 Å². The van der Waals surface area contributed by atoms with E-state index in [9.17, 15) is 14.7 Å². The summed E-state index contributed by atoms with van der Waals surface area (Å²) < 4.78 is 6.80. The number of phenolic OH excluding ortho intramolecular Hbond substituents is 1. The lowest BCUT2D eigenvalue weighted by Gasteiger charge is -2.34. The molecule has 4 rings (SSSR count). The van der Waals surface area contributed by atoms with E-state index in [1.54, 1.807) is 12.1 Å². The summed E-state index contributed by atoms with van der Waals surface area (Å²) in [6, 6.07) is 9.15. The highest BCUT2D eigenvalue weighted by Gasteiger charge is 2.30. The average molecular weight is 383 g/mol. The molecule has 1 fully saturated rings.